The molecular formula is C19H30N4O2. The van der Waals surface area contributed by atoms with Crippen molar-refractivity contribution in [2.45, 2.75) is 50.4 Å². The molecule has 138 valence electrons. The van der Waals surface area contributed by atoms with Gasteiger partial charge in [-0.3, -0.25) is 0 Å². The molecule has 6 heteroatoms. The van der Waals surface area contributed by atoms with Crippen LogP contribution in [0, 0.1) is 5.92 Å². The molecule has 0 bridgehead atoms. The zero-order chi connectivity index (χ0) is 17.1. The monoisotopic (exact) mass is 346 g/mol. The maximum Gasteiger partial charge on any atom is 0.225 e. The van der Waals surface area contributed by atoms with Crippen molar-refractivity contribution in [1.82, 2.24) is 14.9 Å². The molecule has 3 aliphatic rings. The van der Waals surface area contributed by atoms with Gasteiger partial charge in [-0.05, 0) is 64.2 Å². The minimum Gasteiger partial charge on any atom is -0.378 e. The zero-order valence-electron chi connectivity index (χ0n) is 15.2. The van der Waals surface area contributed by atoms with Gasteiger partial charge in [0.05, 0.1) is 24.9 Å². The molecule has 0 aliphatic carbocycles. The van der Waals surface area contributed by atoms with Gasteiger partial charge in [0.1, 0.15) is 0 Å². The minimum absolute atomic E-state index is 0.254. The summed E-state index contributed by atoms with van der Waals surface area (Å²) in [6, 6.07) is 2.29. The second-order valence-corrected chi connectivity index (χ2v) is 7.76. The number of ether oxygens (including phenoxy) is 2. The van der Waals surface area contributed by atoms with E-state index in [2.05, 4.69) is 26.8 Å². The van der Waals surface area contributed by atoms with E-state index in [1.807, 2.05) is 18.5 Å². The van der Waals surface area contributed by atoms with Gasteiger partial charge < -0.3 is 19.3 Å². The fourth-order valence-electron chi connectivity index (χ4n) is 4.40. The second kappa shape index (κ2) is 7.98. The molecule has 0 N–H and O–H groups in total. The van der Waals surface area contributed by atoms with E-state index in [4.69, 9.17) is 9.47 Å². The quantitative estimate of drug-likeness (QED) is 0.812. The van der Waals surface area contributed by atoms with Crippen LogP contribution >= 0.6 is 0 Å². The SMILES string of the molecule is CN1CCC(COC[C@H]2CC[C@H]3[C@H](CCN3c3ncccn3)O2)CC1. The molecule has 0 unspecified atom stereocenters. The first-order valence-electron chi connectivity index (χ1n) is 9.75. The van der Waals surface area contributed by atoms with E-state index in [0.717, 1.165) is 50.9 Å². The molecule has 25 heavy (non-hydrogen) atoms. The van der Waals surface area contributed by atoms with Gasteiger partial charge in [-0.25, -0.2) is 9.97 Å². The molecule has 3 fully saturated rings. The predicted octanol–water partition coefficient (Wildman–Crippen LogP) is 1.96. The Bertz CT molecular complexity index is 535. The van der Waals surface area contributed by atoms with Gasteiger partial charge in [0, 0.05) is 25.5 Å². The molecule has 0 amide bonds. The molecule has 0 spiro atoms. The maximum absolute atomic E-state index is 6.34. The Morgan fingerprint density at radius 1 is 1.04 bits per heavy atom. The summed E-state index contributed by atoms with van der Waals surface area (Å²) in [6.45, 7) is 5.04. The molecule has 0 saturated carbocycles. The highest BCUT2D eigenvalue weighted by Gasteiger charge is 2.40. The third kappa shape index (κ3) is 4.13. The molecule has 3 atom stereocenters. The first-order valence-corrected chi connectivity index (χ1v) is 9.75. The molecule has 0 aromatic carbocycles. The third-order valence-electron chi connectivity index (χ3n) is 5.94. The number of hydrogen-bond donors (Lipinski definition) is 0. The fourth-order valence-corrected chi connectivity index (χ4v) is 4.40. The Hall–Kier alpha value is -1.24. The summed E-state index contributed by atoms with van der Waals surface area (Å²) in [5.41, 5.74) is 0. The lowest BCUT2D eigenvalue weighted by atomic mass is 9.98. The van der Waals surface area contributed by atoms with Crippen LogP contribution in [0.1, 0.15) is 32.1 Å². The topological polar surface area (TPSA) is 50.7 Å². The second-order valence-electron chi connectivity index (χ2n) is 7.76. The first kappa shape index (κ1) is 17.2. The van der Waals surface area contributed by atoms with Crippen molar-refractivity contribution in [3.63, 3.8) is 0 Å². The van der Waals surface area contributed by atoms with Gasteiger partial charge in [-0.2, -0.15) is 0 Å². The molecule has 4 rings (SSSR count). The Labute approximate surface area is 150 Å². The van der Waals surface area contributed by atoms with Crippen LogP contribution in [0.4, 0.5) is 5.95 Å². The van der Waals surface area contributed by atoms with Crippen LogP contribution in [0.3, 0.4) is 0 Å². The van der Waals surface area contributed by atoms with E-state index < -0.39 is 0 Å². The van der Waals surface area contributed by atoms with Crippen LogP contribution in [-0.2, 0) is 9.47 Å². The third-order valence-corrected chi connectivity index (χ3v) is 5.94. The first-order chi connectivity index (χ1) is 12.3. The smallest absolute Gasteiger partial charge is 0.225 e. The Morgan fingerprint density at radius 2 is 1.84 bits per heavy atom. The van der Waals surface area contributed by atoms with Gasteiger partial charge in [-0.1, -0.05) is 0 Å². The number of hydrogen-bond acceptors (Lipinski definition) is 6. The minimum atomic E-state index is 0.254. The summed E-state index contributed by atoms with van der Waals surface area (Å²) in [7, 11) is 2.20. The Kier molecular flexibility index (Phi) is 5.48. The highest BCUT2D eigenvalue weighted by atomic mass is 16.5. The summed E-state index contributed by atoms with van der Waals surface area (Å²) in [6.07, 6.45) is 9.99. The van der Waals surface area contributed by atoms with Crippen molar-refractivity contribution in [3.8, 4) is 0 Å². The number of anilines is 1. The van der Waals surface area contributed by atoms with Crippen LogP contribution in [0.25, 0.3) is 0 Å². The van der Waals surface area contributed by atoms with Gasteiger partial charge in [0.15, 0.2) is 0 Å². The molecule has 0 radical (unpaired) electrons. The van der Waals surface area contributed by atoms with Crippen molar-refractivity contribution in [1.29, 1.82) is 0 Å². The normalized spacial score (nSPS) is 31.2. The number of aromatic nitrogens is 2. The van der Waals surface area contributed by atoms with Crippen LogP contribution in [0.5, 0.6) is 0 Å². The van der Waals surface area contributed by atoms with Crippen molar-refractivity contribution >= 4 is 5.95 Å². The standard InChI is InChI=1S/C19H30N4O2/c1-22-10-5-15(6-11-22)13-24-14-16-3-4-17-18(25-16)7-12-23(17)19-20-8-2-9-21-19/h2,8-9,15-18H,3-7,10-14H2,1H3/t16-,17+,18+/m1/s1. The molecule has 1 aromatic rings. The lowest BCUT2D eigenvalue weighted by Crippen LogP contribution is -2.44. The number of fused-ring (bicyclic) bond motifs is 1. The number of likely N-dealkylation sites (tertiary alicyclic amines) is 1. The molecule has 3 aliphatic heterocycles. The lowest BCUT2D eigenvalue weighted by Gasteiger charge is -2.36. The predicted molar refractivity (Wildman–Crippen MR) is 96.7 cm³/mol. The van der Waals surface area contributed by atoms with E-state index in [1.54, 1.807) is 0 Å². The van der Waals surface area contributed by atoms with Crippen LogP contribution in [0.15, 0.2) is 18.5 Å². The average molecular weight is 346 g/mol. The van der Waals surface area contributed by atoms with E-state index in [-0.39, 0.29) is 6.10 Å². The van der Waals surface area contributed by atoms with E-state index in [9.17, 15) is 0 Å². The van der Waals surface area contributed by atoms with Crippen molar-refractivity contribution in [2.24, 2.45) is 5.92 Å². The number of nitrogens with zero attached hydrogens (tertiary/aromatic N) is 4. The summed E-state index contributed by atoms with van der Waals surface area (Å²) < 4.78 is 12.4. The number of piperidine rings is 1. The maximum atomic E-state index is 6.34. The highest BCUT2D eigenvalue weighted by Crippen LogP contribution is 2.33. The van der Waals surface area contributed by atoms with Crippen LogP contribution in [0.2, 0.25) is 0 Å². The van der Waals surface area contributed by atoms with Gasteiger partial charge in [-0.15, -0.1) is 0 Å². The summed E-state index contributed by atoms with van der Waals surface area (Å²) in [5.74, 6) is 1.57. The molecule has 1 aromatic heterocycles. The summed E-state index contributed by atoms with van der Waals surface area (Å²) in [5, 5.41) is 0. The molecule has 6 nitrogen and oxygen atoms in total. The Morgan fingerprint density at radius 3 is 2.64 bits per heavy atom. The van der Waals surface area contributed by atoms with Gasteiger partial charge >= 0.3 is 0 Å². The van der Waals surface area contributed by atoms with Gasteiger partial charge in [0.25, 0.3) is 0 Å². The van der Waals surface area contributed by atoms with E-state index in [0.29, 0.717) is 12.1 Å². The van der Waals surface area contributed by atoms with Gasteiger partial charge in [0.2, 0.25) is 5.95 Å². The zero-order valence-corrected chi connectivity index (χ0v) is 15.2. The molecular weight excluding hydrogens is 316 g/mol. The van der Waals surface area contributed by atoms with Crippen molar-refractivity contribution < 1.29 is 9.47 Å². The molecule has 4 heterocycles. The van der Waals surface area contributed by atoms with E-state index in [1.165, 1.54) is 25.9 Å². The lowest BCUT2D eigenvalue weighted by molar-refractivity contribution is -0.0911. The number of rotatable bonds is 5. The fraction of sp³-hybridized carbons (Fsp3) is 0.789. The summed E-state index contributed by atoms with van der Waals surface area (Å²) >= 11 is 0. The Balaban J connectivity index is 1.21. The molecule has 3 saturated heterocycles. The van der Waals surface area contributed by atoms with Crippen molar-refractivity contribution in [3.05, 3.63) is 18.5 Å². The highest BCUT2D eigenvalue weighted by molar-refractivity contribution is 5.34. The van der Waals surface area contributed by atoms with Crippen molar-refractivity contribution in [2.75, 3.05) is 44.8 Å². The van der Waals surface area contributed by atoms with Crippen LogP contribution in [-0.4, -0.2) is 73.0 Å². The largest absolute Gasteiger partial charge is 0.378 e. The van der Waals surface area contributed by atoms with E-state index >= 15 is 0 Å². The summed E-state index contributed by atoms with van der Waals surface area (Å²) in [4.78, 5) is 13.5. The van der Waals surface area contributed by atoms with Crippen LogP contribution < -0.4 is 4.90 Å². The average Bonchev–Trinajstić information content (AvgIpc) is 3.07.